The highest BCUT2D eigenvalue weighted by Gasteiger charge is 2.33. The molecule has 38 heavy (non-hydrogen) atoms. The number of rotatable bonds is 16. The number of aromatic hydroxyl groups is 1. The Balaban J connectivity index is 3.03. The van der Waals surface area contributed by atoms with Crippen molar-refractivity contribution >= 4 is 35.5 Å². The molecule has 0 fully saturated rings. The second-order valence-electron chi connectivity index (χ2n) is 8.98. The van der Waals surface area contributed by atoms with Gasteiger partial charge in [0.2, 0.25) is 29.5 Å². The van der Waals surface area contributed by atoms with Gasteiger partial charge in [-0.2, -0.15) is 0 Å². The van der Waals surface area contributed by atoms with Gasteiger partial charge >= 0.3 is 5.97 Å². The van der Waals surface area contributed by atoms with Gasteiger partial charge in [0.05, 0.1) is 12.5 Å². The van der Waals surface area contributed by atoms with Crippen molar-refractivity contribution in [2.75, 3.05) is 0 Å². The summed E-state index contributed by atoms with van der Waals surface area (Å²) in [5, 5.41) is 25.8. The third-order valence-corrected chi connectivity index (χ3v) is 5.85. The number of nitrogens with one attached hydrogen (secondary N) is 3. The van der Waals surface area contributed by atoms with Crippen molar-refractivity contribution in [1.29, 1.82) is 0 Å². The molecule has 210 valence electrons. The summed E-state index contributed by atoms with van der Waals surface area (Å²) in [5.41, 5.74) is 16.9. The zero-order valence-electron chi connectivity index (χ0n) is 21.3. The molecule has 0 aromatic heterocycles. The number of hydrogen-bond acceptors (Lipinski definition) is 8. The van der Waals surface area contributed by atoms with Gasteiger partial charge in [0.15, 0.2) is 0 Å². The van der Waals surface area contributed by atoms with E-state index in [1.54, 1.807) is 26.0 Å². The monoisotopic (exact) mass is 536 g/mol. The van der Waals surface area contributed by atoms with Crippen molar-refractivity contribution in [2.45, 2.75) is 70.1 Å². The lowest BCUT2D eigenvalue weighted by molar-refractivity contribution is -0.144. The van der Waals surface area contributed by atoms with E-state index in [-0.39, 0.29) is 25.0 Å². The molecule has 5 amide bonds. The normalized spacial score (nSPS) is 14.7. The molecule has 1 aromatic carbocycles. The lowest BCUT2D eigenvalue weighted by Crippen LogP contribution is -2.59. The lowest BCUT2D eigenvalue weighted by Gasteiger charge is -2.28. The van der Waals surface area contributed by atoms with Crippen LogP contribution >= 0.6 is 0 Å². The summed E-state index contributed by atoms with van der Waals surface area (Å²) in [4.78, 5) is 72.6. The highest BCUT2D eigenvalue weighted by atomic mass is 16.4. The van der Waals surface area contributed by atoms with Gasteiger partial charge in [0.25, 0.3) is 0 Å². The van der Waals surface area contributed by atoms with E-state index >= 15 is 0 Å². The van der Waals surface area contributed by atoms with Crippen LogP contribution in [0, 0.1) is 5.92 Å². The second-order valence-corrected chi connectivity index (χ2v) is 8.98. The average molecular weight is 537 g/mol. The third-order valence-electron chi connectivity index (χ3n) is 5.85. The number of aliphatic carboxylic acids is 1. The fourth-order valence-corrected chi connectivity index (χ4v) is 3.43. The van der Waals surface area contributed by atoms with Crippen molar-refractivity contribution in [3.05, 3.63) is 29.8 Å². The molecule has 5 atom stereocenters. The van der Waals surface area contributed by atoms with E-state index in [1.807, 2.05) is 0 Å². The van der Waals surface area contributed by atoms with E-state index in [9.17, 15) is 39.0 Å². The van der Waals surface area contributed by atoms with E-state index in [4.69, 9.17) is 17.2 Å². The molecular weight excluding hydrogens is 500 g/mol. The Morgan fingerprint density at radius 1 is 0.868 bits per heavy atom. The lowest BCUT2D eigenvalue weighted by atomic mass is 9.96. The van der Waals surface area contributed by atoms with Crippen molar-refractivity contribution < 1.29 is 39.0 Å². The quantitative estimate of drug-likeness (QED) is 0.116. The first-order chi connectivity index (χ1) is 17.7. The molecule has 0 spiro atoms. The number of phenols is 1. The zero-order chi connectivity index (χ0) is 29.0. The Morgan fingerprint density at radius 2 is 1.45 bits per heavy atom. The minimum Gasteiger partial charge on any atom is -0.508 e. The van der Waals surface area contributed by atoms with E-state index in [0.717, 1.165) is 0 Å². The Hall–Kier alpha value is -4.20. The second kappa shape index (κ2) is 15.1. The SMILES string of the molecule is CCC(C)C(NC(=O)C(N)Cc1ccc(O)cc1)C(=O)NC(CCC(N)=O)C(=O)NC(CC(N)=O)C(=O)O. The molecule has 0 radical (unpaired) electrons. The fourth-order valence-electron chi connectivity index (χ4n) is 3.43. The molecule has 0 aliphatic carbocycles. The molecule has 14 nitrogen and oxygen atoms in total. The highest BCUT2D eigenvalue weighted by Crippen LogP contribution is 2.13. The number of carboxylic acids is 1. The van der Waals surface area contributed by atoms with Crippen LogP contribution in [0.3, 0.4) is 0 Å². The van der Waals surface area contributed by atoms with Crippen LogP contribution in [0.25, 0.3) is 0 Å². The molecule has 0 bridgehead atoms. The first-order valence-electron chi connectivity index (χ1n) is 12.0. The Bertz CT molecular complexity index is 1020. The largest absolute Gasteiger partial charge is 0.508 e. The van der Waals surface area contributed by atoms with E-state index < -0.39 is 72.0 Å². The number of carboxylic acid groups (broad SMARTS) is 1. The molecule has 11 N–H and O–H groups in total. The number of hydrogen-bond donors (Lipinski definition) is 8. The molecule has 5 unspecified atom stereocenters. The van der Waals surface area contributed by atoms with Crippen LogP contribution in [0.15, 0.2) is 24.3 Å². The molecule has 0 aliphatic heterocycles. The number of nitrogens with two attached hydrogens (primary N) is 3. The maximum Gasteiger partial charge on any atom is 0.326 e. The standard InChI is InChI=1S/C24H36N6O8/c1-3-12(2)20(30-21(34)15(25)10-13-4-6-14(31)7-5-13)23(36)28-16(8-9-18(26)32)22(35)29-17(24(37)38)11-19(27)33/h4-7,12,15-17,20,31H,3,8-11,25H2,1-2H3,(H2,26,32)(H2,27,33)(H,28,36)(H,29,35)(H,30,34)(H,37,38). The number of phenolic OH excluding ortho intramolecular Hbond substituents is 1. The summed E-state index contributed by atoms with van der Waals surface area (Å²) >= 11 is 0. The van der Waals surface area contributed by atoms with Crippen LogP contribution in [0.1, 0.15) is 45.1 Å². The molecule has 0 heterocycles. The van der Waals surface area contributed by atoms with Crippen LogP contribution in [0.2, 0.25) is 0 Å². The summed E-state index contributed by atoms with van der Waals surface area (Å²) in [5.74, 6) is -5.99. The van der Waals surface area contributed by atoms with Crippen LogP contribution in [-0.2, 0) is 35.2 Å². The van der Waals surface area contributed by atoms with Crippen molar-refractivity contribution in [2.24, 2.45) is 23.1 Å². The van der Waals surface area contributed by atoms with Gasteiger partial charge in [-0.05, 0) is 36.5 Å². The number of carbonyl (C=O) groups is 6. The predicted molar refractivity (Wildman–Crippen MR) is 135 cm³/mol. The summed E-state index contributed by atoms with van der Waals surface area (Å²) in [6, 6.07) is 0.893. The number of amides is 5. The first kappa shape index (κ1) is 31.8. The van der Waals surface area contributed by atoms with Crippen LogP contribution in [0.4, 0.5) is 0 Å². The maximum absolute atomic E-state index is 13.2. The van der Waals surface area contributed by atoms with Gasteiger partial charge in [-0.3, -0.25) is 24.0 Å². The zero-order valence-corrected chi connectivity index (χ0v) is 21.3. The summed E-state index contributed by atoms with van der Waals surface area (Å²) in [6.07, 6.45) is -0.687. The van der Waals surface area contributed by atoms with E-state index in [0.29, 0.717) is 12.0 Å². The minimum absolute atomic E-state index is 0.0551. The smallest absolute Gasteiger partial charge is 0.326 e. The fraction of sp³-hybridized carbons (Fsp3) is 0.500. The number of carbonyl (C=O) groups excluding carboxylic acids is 5. The Labute approximate surface area is 219 Å². The van der Waals surface area contributed by atoms with E-state index in [2.05, 4.69) is 16.0 Å². The number of benzene rings is 1. The van der Waals surface area contributed by atoms with Gasteiger partial charge in [-0.25, -0.2) is 4.79 Å². The minimum atomic E-state index is -1.66. The summed E-state index contributed by atoms with van der Waals surface area (Å²) in [7, 11) is 0. The molecule has 0 aliphatic rings. The Morgan fingerprint density at radius 3 is 1.95 bits per heavy atom. The van der Waals surface area contributed by atoms with E-state index in [1.165, 1.54) is 12.1 Å². The van der Waals surface area contributed by atoms with Crippen LogP contribution in [-0.4, -0.2) is 69.9 Å². The molecule has 0 saturated heterocycles. The first-order valence-corrected chi connectivity index (χ1v) is 12.0. The van der Waals surface area contributed by atoms with Gasteiger partial charge in [-0.15, -0.1) is 0 Å². The third kappa shape index (κ3) is 10.8. The molecule has 1 aromatic rings. The maximum atomic E-state index is 13.2. The van der Waals surface area contributed by atoms with Gasteiger partial charge in [0.1, 0.15) is 23.9 Å². The summed E-state index contributed by atoms with van der Waals surface area (Å²) < 4.78 is 0. The van der Waals surface area contributed by atoms with Crippen molar-refractivity contribution in [3.8, 4) is 5.75 Å². The predicted octanol–water partition coefficient (Wildman–Crippen LogP) is -2.01. The molecular formula is C24H36N6O8. The topological polar surface area (TPSA) is 257 Å². The average Bonchev–Trinajstić information content (AvgIpc) is 2.84. The van der Waals surface area contributed by atoms with Gasteiger partial charge in [-0.1, -0.05) is 32.4 Å². The molecule has 14 heteroatoms. The van der Waals surface area contributed by atoms with Crippen LogP contribution in [0.5, 0.6) is 5.75 Å². The summed E-state index contributed by atoms with van der Waals surface area (Å²) in [6.45, 7) is 3.48. The number of primary amides is 2. The van der Waals surface area contributed by atoms with Crippen molar-refractivity contribution in [1.82, 2.24) is 16.0 Å². The van der Waals surface area contributed by atoms with Gasteiger partial charge < -0.3 is 43.4 Å². The van der Waals surface area contributed by atoms with Crippen LogP contribution < -0.4 is 33.2 Å². The highest BCUT2D eigenvalue weighted by molar-refractivity contribution is 5.95. The Kier molecular flexibility index (Phi) is 12.7. The molecule has 1 rings (SSSR count). The van der Waals surface area contributed by atoms with Crippen molar-refractivity contribution in [3.63, 3.8) is 0 Å². The molecule has 0 saturated carbocycles. The van der Waals surface area contributed by atoms with Gasteiger partial charge in [0, 0.05) is 6.42 Å².